The molecule has 10 heteroatoms. The van der Waals surface area contributed by atoms with E-state index in [2.05, 4.69) is 20.2 Å². The summed E-state index contributed by atoms with van der Waals surface area (Å²) in [6.45, 7) is 1.25. The molecule has 10 nitrogen and oxygen atoms in total. The summed E-state index contributed by atoms with van der Waals surface area (Å²) in [7, 11) is 1.52. The molecule has 1 amide bonds. The van der Waals surface area contributed by atoms with Crippen LogP contribution in [0.25, 0.3) is 11.3 Å². The van der Waals surface area contributed by atoms with Crippen LogP contribution in [0.2, 0.25) is 0 Å². The lowest BCUT2D eigenvalue weighted by Crippen LogP contribution is -2.31. The lowest BCUT2D eigenvalue weighted by atomic mass is 10.1. The molecule has 0 spiro atoms. The minimum absolute atomic E-state index is 0.127. The molecule has 154 valence electrons. The predicted octanol–water partition coefficient (Wildman–Crippen LogP) is 1.90. The monoisotopic (exact) mass is 409 g/mol. The zero-order chi connectivity index (χ0) is 20.5. The van der Waals surface area contributed by atoms with Crippen molar-refractivity contribution in [2.24, 2.45) is 0 Å². The van der Waals surface area contributed by atoms with Gasteiger partial charge in [0.2, 0.25) is 18.6 Å². The molecule has 2 aromatic heterocycles. The fourth-order valence-corrected chi connectivity index (χ4v) is 3.47. The summed E-state index contributed by atoms with van der Waals surface area (Å²) in [5, 5.41) is 7.11. The minimum Gasteiger partial charge on any atom is -0.480 e. The second-order valence-corrected chi connectivity index (χ2v) is 6.91. The molecule has 1 aromatic carbocycles. The topological polar surface area (TPSA) is 112 Å². The van der Waals surface area contributed by atoms with E-state index >= 15 is 0 Å². The number of fused-ring (bicyclic) bond motifs is 1. The first-order valence-electron chi connectivity index (χ1n) is 9.47. The third kappa shape index (κ3) is 3.47. The van der Waals surface area contributed by atoms with Gasteiger partial charge in [0, 0.05) is 18.5 Å². The van der Waals surface area contributed by atoms with Crippen molar-refractivity contribution in [2.75, 3.05) is 27.0 Å². The molecule has 2 aliphatic heterocycles. The van der Waals surface area contributed by atoms with Crippen LogP contribution in [0.15, 0.2) is 36.7 Å². The van der Waals surface area contributed by atoms with Crippen molar-refractivity contribution in [3.8, 4) is 34.5 Å². The summed E-state index contributed by atoms with van der Waals surface area (Å²) in [5.74, 6) is 2.00. The lowest BCUT2D eigenvalue weighted by Gasteiger charge is -2.16. The molecular formula is C20H19N5O5. The molecule has 5 rings (SSSR count). The van der Waals surface area contributed by atoms with Gasteiger partial charge in [-0.15, -0.1) is 0 Å². The number of amides is 1. The molecule has 1 fully saturated rings. The number of methoxy groups -OCH3 is 1. The molecule has 1 unspecified atom stereocenters. The van der Waals surface area contributed by atoms with E-state index in [1.54, 1.807) is 11.0 Å². The fraction of sp³-hybridized carbons (Fsp3) is 0.300. The van der Waals surface area contributed by atoms with E-state index in [0.29, 0.717) is 54.2 Å². The predicted molar refractivity (Wildman–Crippen MR) is 104 cm³/mol. The Morgan fingerprint density at radius 1 is 1.20 bits per heavy atom. The number of hydrogen-bond acceptors (Lipinski definition) is 8. The van der Waals surface area contributed by atoms with Gasteiger partial charge in [0.15, 0.2) is 11.5 Å². The van der Waals surface area contributed by atoms with Crippen LogP contribution in [0.1, 0.15) is 16.9 Å². The molecule has 3 aromatic rings. The summed E-state index contributed by atoms with van der Waals surface area (Å²) in [6.07, 6.45) is 3.58. The Bertz CT molecular complexity index is 1080. The molecule has 4 heterocycles. The van der Waals surface area contributed by atoms with E-state index in [-0.39, 0.29) is 18.8 Å². The summed E-state index contributed by atoms with van der Waals surface area (Å²) in [4.78, 5) is 22.8. The van der Waals surface area contributed by atoms with Crippen LogP contribution in [-0.2, 0) is 0 Å². The number of ether oxygens (including phenoxy) is 4. The highest BCUT2D eigenvalue weighted by atomic mass is 16.7. The summed E-state index contributed by atoms with van der Waals surface area (Å²) in [6, 6.07) is 7.30. The van der Waals surface area contributed by atoms with Crippen LogP contribution in [0.4, 0.5) is 0 Å². The Kier molecular flexibility index (Phi) is 4.58. The van der Waals surface area contributed by atoms with Gasteiger partial charge in [-0.25, -0.2) is 0 Å². The van der Waals surface area contributed by atoms with E-state index in [1.807, 2.05) is 18.2 Å². The third-order valence-electron chi connectivity index (χ3n) is 5.00. The number of rotatable bonds is 5. The zero-order valence-electron chi connectivity index (χ0n) is 16.2. The fourth-order valence-electron chi connectivity index (χ4n) is 3.47. The number of benzene rings is 1. The summed E-state index contributed by atoms with van der Waals surface area (Å²) < 4.78 is 21.6. The van der Waals surface area contributed by atoms with Gasteiger partial charge in [-0.2, -0.15) is 10.1 Å². The molecule has 1 saturated heterocycles. The van der Waals surface area contributed by atoms with Crippen molar-refractivity contribution in [2.45, 2.75) is 12.5 Å². The van der Waals surface area contributed by atoms with Crippen LogP contribution in [0, 0.1) is 0 Å². The van der Waals surface area contributed by atoms with Gasteiger partial charge in [-0.3, -0.25) is 14.9 Å². The second-order valence-electron chi connectivity index (χ2n) is 6.91. The first-order chi connectivity index (χ1) is 14.7. The standard InChI is InChI=1S/C20H19N5O5/c1-27-18-8-21-9-19(22-18)30-13-4-5-25(10-13)20(26)15-7-14(23-24-15)12-2-3-16-17(6-12)29-11-28-16/h2-3,6-9,13H,4-5,10-11H2,1H3,(H,23,24). The molecule has 0 radical (unpaired) electrons. The Labute approximate surface area is 171 Å². The summed E-state index contributed by atoms with van der Waals surface area (Å²) >= 11 is 0. The van der Waals surface area contributed by atoms with E-state index in [0.717, 1.165) is 5.56 Å². The molecular weight excluding hydrogens is 390 g/mol. The third-order valence-corrected chi connectivity index (χ3v) is 5.00. The Balaban J connectivity index is 1.24. The normalized spacial score (nSPS) is 17.2. The van der Waals surface area contributed by atoms with Gasteiger partial charge in [0.05, 0.1) is 31.7 Å². The average molecular weight is 409 g/mol. The maximum Gasteiger partial charge on any atom is 0.272 e. The number of nitrogens with zero attached hydrogens (tertiary/aromatic N) is 4. The molecule has 30 heavy (non-hydrogen) atoms. The highest BCUT2D eigenvalue weighted by molar-refractivity contribution is 5.93. The summed E-state index contributed by atoms with van der Waals surface area (Å²) in [5.41, 5.74) is 1.92. The molecule has 1 N–H and O–H groups in total. The van der Waals surface area contributed by atoms with E-state index in [1.165, 1.54) is 19.5 Å². The number of aromatic amines is 1. The van der Waals surface area contributed by atoms with Crippen molar-refractivity contribution < 1.29 is 23.7 Å². The highest BCUT2D eigenvalue weighted by Crippen LogP contribution is 2.35. The number of aromatic nitrogens is 4. The maximum absolute atomic E-state index is 12.9. The van der Waals surface area contributed by atoms with Gasteiger partial charge in [0.1, 0.15) is 11.8 Å². The largest absolute Gasteiger partial charge is 0.480 e. The van der Waals surface area contributed by atoms with Crippen LogP contribution >= 0.6 is 0 Å². The van der Waals surface area contributed by atoms with Gasteiger partial charge >= 0.3 is 0 Å². The van der Waals surface area contributed by atoms with E-state index < -0.39 is 0 Å². The molecule has 0 aliphatic carbocycles. The quantitative estimate of drug-likeness (QED) is 0.680. The number of hydrogen-bond donors (Lipinski definition) is 1. The lowest BCUT2D eigenvalue weighted by molar-refractivity contribution is 0.0765. The molecule has 0 saturated carbocycles. The first kappa shape index (κ1) is 18.2. The van der Waals surface area contributed by atoms with Crippen molar-refractivity contribution in [1.29, 1.82) is 0 Å². The average Bonchev–Trinajstić information content (AvgIpc) is 3.53. The van der Waals surface area contributed by atoms with Crippen molar-refractivity contribution in [1.82, 2.24) is 25.1 Å². The second kappa shape index (κ2) is 7.54. The maximum atomic E-state index is 12.9. The van der Waals surface area contributed by atoms with E-state index in [9.17, 15) is 4.79 Å². The van der Waals surface area contributed by atoms with Crippen molar-refractivity contribution in [3.05, 3.63) is 42.4 Å². The van der Waals surface area contributed by atoms with Gasteiger partial charge in [0.25, 0.3) is 5.91 Å². The molecule has 2 aliphatic rings. The van der Waals surface area contributed by atoms with Crippen LogP contribution in [0.3, 0.4) is 0 Å². The van der Waals surface area contributed by atoms with Crippen LogP contribution in [-0.4, -0.2) is 64.1 Å². The number of carbonyl (C=O) groups excluding carboxylic acids is 1. The van der Waals surface area contributed by atoms with Gasteiger partial charge < -0.3 is 23.8 Å². The SMILES string of the molecule is COc1cncc(OC2CCN(C(=O)c3cc(-c4ccc5c(c4)OCO5)n[nH]3)C2)n1. The van der Waals surface area contributed by atoms with Crippen LogP contribution < -0.4 is 18.9 Å². The van der Waals surface area contributed by atoms with Crippen LogP contribution in [0.5, 0.6) is 23.3 Å². The van der Waals surface area contributed by atoms with Gasteiger partial charge in [-0.1, -0.05) is 0 Å². The van der Waals surface area contributed by atoms with Gasteiger partial charge in [-0.05, 0) is 24.3 Å². The number of likely N-dealkylation sites (tertiary alicyclic amines) is 1. The Morgan fingerprint density at radius 2 is 2.07 bits per heavy atom. The first-order valence-corrected chi connectivity index (χ1v) is 9.47. The highest BCUT2D eigenvalue weighted by Gasteiger charge is 2.30. The smallest absolute Gasteiger partial charge is 0.272 e. The minimum atomic E-state index is -0.161. The molecule has 0 bridgehead atoms. The zero-order valence-corrected chi connectivity index (χ0v) is 16.2. The number of carbonyl (C=O) groups is 1. The number of H-pyrrole nitrogens is 1. The molecule has 1 atom stereocenters. The van der Waals surface area contributed by atoms with Crippen molar-refractivity contribution >= 4 is 5.91 Å². The number of nitrogens with one attached hydrogen (secondary N) is 1. The van der Waals surface area contributed by atoms with E-state index in [4.69, 9.17) is 18.9 Å². The van der Waals surface area contributed by atoms with Crippen molar-refractivity contribution in [3.63, 3.8) is 0 Å². The Hall–Kier alpha value is -3.82. The Morgan fingerprint density at radius 3 is 2.97 bits per heavy atom.